The summed E-state index contributed by atoms with van der Waals surface area (Å²) in [6.45, 7) is 9.45. The molecule has 3 heterocycles. The van der Waals surface area contributed by atoms with Crippen molar-refractivity contribution in [2.24, 2.45) is 0 Å². The zero-order valence-electron chi connectivity index (χ0n) is 21.8. The first kappa shape index (κ1) is 24.0. The highest BCUT2D eigenvalue weighted by Crippen LogP contribution is 2.30. The van der Waals surface area contributed by atoms with Crippen LogP contribution in [0.1, 0.15) is 33.6 Å². The average molecular weight is 521 g/mol. The molecular formula is C29H28N8S. The summed E-state index contributed by atoms with van der Waals surface area (Å²) in [6.07, 6.45) is 3.97. The minimum atomic E-state index is 0.543. The molecule has 0 aliphatic carbocycles. The Kier molecular flexibility index (Phi) is 6.21. The lowest BCUT2D eigenvalue weighted by Crippen LogP contribution is -2.22. The maximum absolute atomic E-state index is 4.92. The molecule has 0 saturated carbocycles. The van der Waals surface area contributed by atoms with Crippen LogP contribution in [0.3, 0.4) is 0 Å². The molecule has 0 N–H and O–H groups in total. The van der Waals surface area contributed by atoms with E-state index in [0.29, 0.717) is 13.1 Å². The summed E-state index contributed by atoms with van der Waals surface area (Å²) in [5.41, 5.74) is 9.47. The van der Waals surface area contributed by atoms with Gasteiger partial charge in [0.1, 0.15) is 11.4 Å². The van der Waals surface area contributed by atoms with E-state index in [2.05, 4.69) is 95.7 Å². The van der Waals surface area contributed by atoms with Gasteiger partial charge in [-0.15, -0.1) is 10.2 Å². The molecule has 190 valence electrons. The smallest absolute Gasteiger partial charge is 0.187 e. The molecule has 0 saturated heterocycles. The Balaban J connectivity index is 1.31. The third kappa shape index (κ3) is 5.05. The molecule has 8 nitrogen and oxygen atoms in total. The van der Waals surface area contributed by atoms with Crippen LogP contribution in [0.25, 0.3) is 21.6 Å². The van der Waals surface area contributed by atoms with E-state index in [1.165, 1.54) is 22.3 Å². The molecule has 0 amide bonds. The lowest BCUT2D eigenvalue weighted by Gasteiger charge is -2.19. The van der Waals surface area contributed by atoms with Gasteiger partial charge in [-0.25, -0.2) is 14.3 Å². The quantitative estimate of drug-likeness (QED) is 0.261. The molecule has 0 aliphatic heterocycles. The number of fused-ring (bicyclic) bond motifs is 1. The molecule has 6 aromatic rings. The molecule has 0 radical (unpaired) electrons. The Bertz CT molecular complexity index is 1580. The maximum Gasteiger partial charge on any atom is 0.187 e. The summed E-state index contributed by atoms with van der Waals surface area (Å²) in [7, 11) is 0. The standard InChI is InChI=1S/C29H28N8S/c1-19-9-20(2)12-25(11-19)36-17-23(31-33-36)15-35(29-30-27-7-5-6-8-28(27)38-29)16-24-18-37(34-32-24)26-13-21(3)10-22(4)14-26/h5-14,17-18H,15-16H2,1-4H3. The van der Waals surface area contributed by atoms with E-state index in [-0.39, 0.29) is 0 Å². The largest absolute Gasteiger partial charge is 0.336 e. The first-order valence-corrected chi connectivity index (χ1v) is 13.3. The number of hydrogen-bond acceptors (Lipinski definition) is 7. The Morgan fingerprint density at radius 1 is 0.684 bits per heavy atom. The first-order valence-electron chi connectivity index (χ1n) is 12.5. The van der Waals surface area contributed by atoms with Crippen molar-refractivity contribution in [3.63, 3.8) is 0 Å². The molecule has 38 heavy (non-hydrogen) atoms. The molecule has 0 aliphatic rings. The molecule has 0 unspecified atom stereocenters. The molecule has 9 heteroatoms. The van der Waals surface area contributed by atoms with E-state index in [9.17, 15) is 0 Å². The summed E-state index contributed by atoms with van der Waals surface area (Å²) in [6, 6.07) is 21.0. The molecule has 0 atom stereocenters. The van der Waals surface area contributed by atoms with Gasteiger partial charge in [0.05, 0.1) is 47.1 Å². The second kappa shape index (κ2) is 9.83. The van der Waals surface area contributed by atoms with Crippen LogP contribution < -0.4 is 4.90 Å². The lowest BCUT2D eigenvalue weighted by atomic mass is 10.1. The number of rotatable bonds is 7. The second-order valence-electron chi connectivity index (χ2n) is 9.82. The maximum atomic E-state index is 4.92. The number of para-hydroxylation sites is 1. The Morgan fingerprint density at radius 2 is 1.18 bits per heavy atom. The zero-order chi connectivity index (χ0) is 26.2. The van der Waals surface area contributed by atoms with E-state index < -0.39 is 0 Å². The van der Waals surface area contributed by atoms with E-state index in [4.69, 9.17) is 4.98 Å². The van der Waals surface area contributed by atoms with Gasteiger partial charge in [0.25, 0.3) is 0 Å². The van der Waals surface area contributed by atoms with Crippen LogP contribution in [0, 0.1) is 27.7 Å². The Morgan fingerprint density at radius 3 is 1.68 bits per heavy atom. The fourth-order valence-electron chi connectivity index (χ4n) is 4.74. The van der Waals surface area contributed by atoms with Gasteiger partial charge >= 0.3 is 0 Å². The fourth-order valence-corrected chi connectivity index (χ4v) is 5.70. The normalized spacial score (nSPS) is 11.4. The summed E-state index contributed by atoms with van der Waals surface area (Å²) in [5, 5.41) is 18.7. The lowest BCUT2D eigenvalue weighted by molar-refractivity contribution is 0.744. The third-order valence-electron chi connectivity index (χ3n) is 6.28. The van der Waals surface area contributed by atoms with Crippen LogP contribution in [0.2, 0.25) is 0 Å². The molecule has 6 rings (SSSR count). The number of benzene rings is 3. The van der Waals surface area contributed by atoms with Crippen LogP contribution in [0.5, 0.6) is 0 Å². The summed E-state index contributed by atoms with van der Waals surface area (Å²) < 4.78 is 4.81. The van der Waals surface area contributed by atoms with Gasteiger partial charge in [-0.1, -0.05) is 46.0 Å². The van der Waals surface area contributed by atoms with E-state index >= 15 is 0 Å². The first-order chi connectivity index (χ1) is 18.4. The van der Waals surface area contributed by atoms with Crippen molar-refractivity contribution >= 4 is 26.7 Å². The van der Waals surface area contributed by atoms with E-state index in [0.717, 1.165) is 38.1 Å². The topological polar surface area (TPSA) is 77.5 Å². The van der Waals surface area contributed by atoms with Gasteiger partial charge in [0, 0.05) is 0 Å². The molecule has 0 bridgehead atoms. The van der Waals surface area contributed by atoms with Gasteiger partial charge in [0.2, 0.25) is 0 Å². The monoisotopic (exact) mass is 520 g/mol. The van der Waals surface area contributed by atoms with Gasteiger partial charge in [0.15, 0.2) is 5.13 Å². The van der Waals surface area contributed by atoms with Gasteiger partial charge < -0.3 is 4.90 Å². The predicted octanol–water partition coefficient (Wildman–Crippen LogP) is 5.90. The summed E-state index contributed by atoms with van der Waals surface area (Å²) in [4.78, 5) is 7.11. The minimum Gasteiger partial charge on any atom is -0.336 e. The third-order valence-corrected chi connectivity index (χ3v) is 7.38. The SMILES string of the molecule is Cc1cc(C)cc(-n2cc(CN(Cc3cn(-c4cc(C)cc(C)c4)nn3)c3nc4ccccc4s3)nn2)c1. The second-order valence-corrected chi connectivity index (χ2v) is 10.8. The van der Waals surface area contributed by atoms with Crippen molar-refractivity contribution in [2.45, 2.75) is 40.8 Å². The number of aryl methyl sites for hydroxylation is 4. The number of nitrogens with zero attached hydrogens (tertiary/aromatic N) is 8. The minimum absolute atomic E-state index is 0.543. The number of hydrogen-bond donors (Lipinski definition) is 0. The van der Waals surface area contributed by atoms with E-state index in [1.54, 1.807) is 11.3 Å². The van der Waals surface area contributed by atoms with Gasteiger partial charge in [-0.05, 0) is 86.3 Å². The van der Waals surface area contributed by atoms with E-state index in [1.807, 2.05) is 40.0 Å². The van der Waals surface area contributed by atoms with Crippen molar-refractivity contribution < 1.29 is 0 Å². The Labute approximate surface area is 225 Å². The van der Waals surface area contributed by atoms with Crippen molar-refractivity contribution in [1.29, 1.82) is 0 Å². The predicted molar refractivity (Wildman–Crippen MR) is 151 cm³/mol. The average Bonchev–Trinajstić information content (AvgIpc) is 3.62. The van der Waals surface area contributed by atoms with Gasteiger partial charge in [-0.2, -0.15) is 0 Å². The molecule has 3 aromatic heterocycles. The van der Waals surface area contributed by atoms with Crippen molar-refractivity contribution in [2.75, 3.05) is 4.90 Å². The number of anilines is 1. The highest BCUT2D eigenvalue weighted by atomic mass is 32.1. The molecule has 0 spiro atoms. The molecule has 0 fully saturated rings. The van der Waals surface area contributed by atoms with Crippen LogP contribution in [0.15, 0.2) is 73.1 Å². The number of thiazole rings is 1. The summed E-state index contributed by atoms with van der Waals surface area (Å²) >= 11 is 1.66. The molecule has 3 aromatic carbocycles. The van der Waals surface area contributed by atoms with Crippen LogP contribution in [0.4, 0.5) is 5.13 Å². The van der Waals surface area contributed by atoms with Crippen LogP contribution in [-0.4, -0.2) is 35.0 Å². The Hall–Kier alpha value is -4.37. The highest BCUT2D eigenvalue weighted by Gasteiger charge is 2.18. The van der Waals surface area contributed by atoms with Crippen molar-refractivity contribution in [1.82, 2.24) is 35.0 Å². The van der Waals surface area contributed by atoms with Crippen molar-refractivity contribution in [3.05, 3.63) is 107 Å². The fraction of sp³-hybridized carbons (Fsp3) is 0.207. The zero-order valence-corrected chi connectivity index (χ0v) is 22.6. The highest BCUT2D eigenvalue weighted by molar-refractivity contribution is 7.22. The van der Waals surface area contributed by atoms with Gasteiger partial charge in [-0.3, -0.25) is 0 Å². The van der Waals surface area contributed by atoms with Crippen molar-refractivity contribution in [3.8, 4) is 11.4 Å². The van der Waals surface area contributed by atoms with Crippen LogP contribution in [-0.2, 0) is 13.1 Å². The summed E-state index contributed by atoms with van der Waals surface area (Å²) in [5.74, 6) is 0. The number of aromatic nitrogens is 7. The van der Waals surface area contributed by atoms with Crippen LogP contribution >= 0.6 is 11.3 Å². The molecular weight excluding hydrogens is 492 g/mol.